The van der Waals surface area contributed by atoms with E-state index in [0.29, 0.717) is 6.42 Å². The molecule has 27 heavy (non-hydrogen) atoms. The Morgan fingerprint density at radius 1 is 0.963 bits per heavy atom. The quantitative estimate of drug-likeness (QED) is 0.813. The van der Waals surface area contributed by atoms with Gasteiger partial charge in [-0.1, -0.05) is 60.7 Å². The highest BCUT2D eigenvalue weighted by Crippen LogP contribution is 2.25. The van der Waals surface area contributed by atoms with Gasteiger partial charge < -0.3 is 15.4 Å². The lowest BCUT2D eigenvalue weighted by Crippen LogP contribution is -2.49. The number of amides is 2. The molecule has 144 valence electrons. The van der Waals surface area contributed by atoms with E-state index in [-0.39, 0.29) is 12.5 Å². The fraction of sp³-hybridized carbons (Fsp3) is 0.364. The molecule has 2 N–H and O–H groups in total. The maximum atomic E-state index is 12.5. The number of rotatable bonds is 6. The van der Waals surface area contributed by atoms with E-state index in [1.165, 1.54) is 0 Å². The van der Waals surface area contributed by atoms with Crippen molar-refractivity contribution in [2.24, 2.45) is 0 Å². The van der Waals surface area contributed by atoms with Gasteiger partial charge in [-0.2, -0.15) is 0 Å². The van der Waals surface area contributed by atoms with Crippen LogP contribution in [0.2, 0.25) is 0 Å². The van der Waals surface area contributed by atoms with E-state index >= 15 is 0 Å². The highest BCUT2D eigenvalue weighted by atomic mass is 16.6. The lowest BCUT2D eigenvalue weighted by atomic mass is 10.2. The van der Waals surface area contributed by atoms with Gasteiger partial charge in [0.2, 0.25) is 5.91 Å². The topological polar surface area (TPSA) is 67.4 Å². The van der Waals surface area contributed by atoms with E-state index in [0.717, 1.165) is 11.1 Å². The fourth-order valence-corrected chi connectivity index (χ4v) is 2.85. The van der Waals surface area contributed by atoms with Crippen molar-refractivity contribution in [1.29, 1.82) is 0 Å². The molecule has 2 aromatic carbocycles. The average molecular weight is 370 g/mol. The van der Waals surface area contributed by atoms with Gasteiger partial charge >= 0.3 is 6.09 Å². The molecule has 0 heterocycles. The van der Waals surface area contributed by atoms with E-state index in [9.17, 15) is 9.59 Å². The Labute approximate surface area is 161 Å². The van der Waals surface area contributed by atoms with Crippen LogP contribution in [0.15, 0.2) is 60.7 Å². The zero-order valence-electron chi connectivity index (χ0n) is 16.4. The van der Waals surface area contributed by atoms with Gasteiger partial charge in [-0.25, -0.2) is 4.79 Å². The maximum Gasteiger partial charge on any atom is 0.408 e. The Morgan fingerprint density at radius 2 is 1.52 bits per heavy atom. The molecule has 0 aliphatic heterocycles. The van der Waals surface area contributed by atoms with Gasteiger partial charge in [0.05, 0.1) is 5.54 Å². The molecule has 0 aliphatic rings. The molecule has 0 saturated heterocycles. The molecule has 0 radical (unpaired) electrons. The lowest BCUT2D eigenvalue weighted by Gasteiger charge is -2.32. The molecule has 5 nitrogen and oxygen atoms in total. The van der Waals surface area contributed by atoms with Gasteiger partial charge in [-0.15, -0.1) is 0 Å². The summed E-state index contributed by atoms with van der Waals surface area (Å²) in [5.41, 5.74) is 0.908. The van der Waals surface area contributed by atoms with Crippen LogP contribution in [0.4, 0.5) is 4.79 Å². The predicted octanol–water partition coefficient (Wildman–Crippen LogP) is 3.79. The number of benzene rings is 2. The minimum Gasteiger partial charge on any atom is -0.444 e. The van der Waals surface area contributed by atoms with Crippen molar-refractivity contribution in [1.82, 2.24) is 10.6 Å². The number of alkyl carbamates (subject to hydrolysis) is 1. The Kier molecular flexibility index (Phi) is 6.61. The summed E-state index contributed by atoms with van der Waals surface area (Å²) < 4.78 is 5.17. The number of ether oxygens (including phenoxy) is 1. The van der Waals surface area contributed by atoms with Crippen molar-refractivity contribution < 1.29 is 14.3 Å². The monoisotopic (exact) mass is 370 g/mol. The molecule has 0 aliphatic carbocycles. The molecule has 2 aromatic rings. The van der Waals surface area contributed by atoms with Gasteiger partial charge in [-0.05, 0) is 45.2 Å². The lowest BCUT2D eigenvalue weighted by molar-refractivity contribution is -0.122. The summed E-state index contributed by atoms with van der Waals surface area (Å²) in [6.07, 6.45) is 0.0258. The van der Waals surface area contributed by atoms with Crippen LogP contribution < -0.4 is 10.6 Å². The molecular weight excluding hydrogens is 342 g/mol. The number of hydrogen-bond acceptors (Lipinski definition) is 3. The first-order chi connectivity index (χ1) is 12.7. The molecule has 0 fully saturated rings. The Hall–Kier alpha value is -2.82. The third kappa shape index (κ3) is 6.77. The second-order valence-corrected chi connectivity index (χ2v) is 7.76. The highest BCUT2D eigenvalue weighted by Gasteiger charge is 2.29. The second-order valence-electron chi connectivity index (χ2n) is 7.76. The first-order valence-corrected chi connectivity index (χ1v) is 9.05. The van der Waals surface area contributed by atoms with Gasteiger partial charge in [0.25, 0.3) is 0 Å². The number of carbonyl (C=O) groups excluding carboxylic acids is 2. The third-order valence-electron chi connectivity index (χ3n) is 4.02. The molecule has 2 rings (SSSR count). The van der Waals surface area contributed by atoms with Gasteiger partial charge in [0.1, 0.15) is 12.1 Å². The van der Waals surface area contributed by atoms with Crippen LogP contribution in [0.25, 0.3) is 0 Å². The smallest absolute Gasteiger partial charge is 0.408 e. The predicted molar refractivity (Wildman–Crippen MR) is 106 cm³/mol. The Balaban J connectivity index is 2.08. The van der Waals surface area contributed by atoms with Crippen molar-refractivity contribution in [3.63, 3.8) is 0 Å². The number of carbonyl (C=O) groups is 2. The molecule has 0 spiro atoms. The SMILES string of the molecule is CC(C)(C)OC(=O)NCC(=O)N[14C](C)(Cc1ccccc1)c1ccccc1. The van der Waals surface area contributed by atoms with E-state index in [1.54, 1.807) is 20.8 Å². The molecule has 0 saturated carbocycles. The summed E-state index contributed by atoms with van der Waals surface area (Å²) in [5, 5.41) is 5.57. The number of nitrogens with one attached hydrogen (secondary N) is 2. The van der Waals surface area contributed by atoms with Crippen LogP contribution in [0.5, 0.6) is 0 Å². The summed E-state index contributed by atoms with van der Waals surface area (Å²) >= 11 is 0. The van der Waals surface area contributed by atoms with E-state index < -0.39 is 17.2 Å². The minimum atomic E-state index is -0.609. The minimum absolute atomic E-state index is 0.147. The second kappa shape index (κ2) is 8.71. The van der Waals surface area contributed by atoms with Crippen molar-refractivity contribution >= 4 is 12.0 Å². The largest absolute Gasteiger partial charge is 0.444 e. The van der Waals surface area contributed by atoms with Gasteiger partial charge in [0, 0.05) is 0 Å². The Bertz CT molecular complexity index is 754. The van der Waals surface area contributed by atoms with Crippen LogP contribution in [-0.2, 0) is 21.5 Å². The fourth-order valence-electron chi connectivity index (χ4n) is 2.85. The highest BCUT2D eigenvalue weighted by molar-refractivity contribution is 5.83. The normalized spacial score (nSPS) is 13.3. The molecule has 1 atom stereocenters. The molecule has 1 unspecified atom stereocenters. The van der Waals surface area contributed by atoms with Crippen molar-refractivity contribution in [3.05, 3.63) is 71.8 Å². The van der Waals surface area contributed by atoms with Crippen LogP contribution in [0.3, 0.4) is 0 Å². The molecule has 0 aromatic heterocycles. The number of hydrogen-bond donors (Lipinski definition) is 2. The standard InChI is InChI=1S/C22H28N2O3/c1-21(2,3)27-20(26)23-16-19(25)24-22(4,18-13-9-6-10-14-18)15-17-11-7-5-8-12-17/h5-14H,15-16H2,1-4H3,(H,23,26)(H,24,25)/i22+2. The molecule has 5 heteroatoms. The summed E-state index contributed by atoms with van der Waals surface area (Å²) in [4.78, 5) is 24.3. The van der Waals surface area contributed by atoms with Crippen LogP contribution in [0, 0.1) is 0 Å². The molecule has 0 bridgehead atoms. The molecular formula is C22H28N2O3. The van der Waals surface area contributed by atoms with Crippen molar-refractivity contribution in [2.75, 3.05) is 6.54 Å². The summed E-state index contributed by atoms with van der Waals surface area (Å²) in [5.74, 6) is -0.275. The van der Waals surface area contributed by atoms with Crippen LogP contribution >= 0.6 is 0 Å². The van der Waals surface area contributed by atoms with Crippen LogP contribution in [0.1, 0.15) is 38.8 Å². The third-order valence-corrected chi connectivity index (χ3v) is 4.02. The zero-order chi connectivity index (χ0) is 19.9. The van der Waals surface area contributed by atoms with E-state index in [4.69, 9.17) is 4.74 Å². The zero-order valence-corrected chi connectivity index (χ0v) is 16.4. The van der Waals surface area contributed by atoms with Crippen LogP contribution in [-0.4, -0.2) is 24.1 Å². The Morgan fingerprint density at radius 3 is 2.07 bits per heavy atom. The molecule has 2 amide bonds. The van der Waals surface area contributed by atoms with Gasteiger partial charge in [-0.3, -0.25) is 4.79 Å². The van der Waals surface area contributed by atoms with Gasteiger partial charge in [0.15, 0.2) is 0 Å². The summed E-state index contributed by atoms with van der Waals surface area (Å²) in [6, 6.07) is 19.8. The summed E-state index contributed by atoms with van der Waals surface area (Å²) in [7, 11) is 0. The summed E-state index contributed by atoms with van der Waals surface area (Å²) in [6.45, 7) is 7.17. The first kappa shape index (κ1) is 20.5. The first-order valence-electron chi connectivity index (χ1n) is 9.05. The van der Waals surface area contributed by atoms with E-state index in [2.05, 4.69) is 10.6 Å². The van der Waals surface area contributed by atoms with Crippen molar-refractivity contribution in [3.8, 4) is 0 Å². The average Bonchev–Trinajstić information content (AvgIpc) is 2.60. The van der Waals surface area contributed by atoms with Crippen molar-refractivity contribution in [2.45, 2.75) is 45.3 Å². The maximum absolute atomic E-state index is 12.5. The van der Waals surface area contributed by atoms with E-state index in [1.807, 2.05) is 67.6 Å².